The predicted octanol–water partition coefficient (Wildman–Crippen LogP) is 6.74. The maximum atomic E-state index is 14.5. The summed E-state index contributed by atoms with van der Waals surface area (Å²) >= 11 is 5.97. The number of amides is 2. The van der Waals surface area contributed by atoms with Crippen LogP contribution in [0.1, 0.15) is 0 Å². The number of fused-ring (bicyclic) bond motifs is 1. The SMILES string of the molecule is O=C(Nc1ccc(F)cc1F)Nc1ccc(Oc2ccnc3cc(Cl)ccc23)cc1F. The van der Waals surface area contributed by atoms with Gasteiger partial charge in [0, 0.05) is 28.7 Å². The Morgan fingerprint density at radius 2 is 1.58 bits per heavy atom. The van der Waals surface area contributed by atoms with Crippen LogP contribution in [0.3, 0.4) is 0 Å². The van der Waals surface area contributed by atoms with E-state index in [-0.39, 0.29) is 17.1 Å². The van der Waals surface area contributed by atoms with Gasteiger partial charge in [-0.1, -0.05) is 11.6 Å². The topological polar surface area (TPSA) is 63.2 Å². The van der Waals surface area contributed by atoms with Crippen molar-refractivity contribution >= 4 is 39.9 Å². The molecule has 31 heavy (non-hydrogen) atoms. The molecule has 3 aromatic carbocycles. The Labute approximate surface area is 179 Å². The van der Waals surface area contributed by atoms with Crippen molar-refractivity contribution in [1.29, 1.82) is 0 Å². The number of nitrogens with one attached hydrogen (secondary N) is 2. The first-order valence-electron chi connectivity index (χ1n) is 8.94. The molecule has 2 amide bonds. The summed E-state index contributed by atoms with van der Waals surface area (Å²) in [5.41, 5.74) is 0.219. The van der Waals surface area contributed by atoms with Crippen LogP contribution in [0.25, 0.3) is 10.9 Å². The predicted molar refractivity (Wildman–Crippen MR) is 112 cm³/mol. The van der Waals surface area contributed by atoms with Crippen molar-refractivity contribution < 1.29 is 22.7 Å². The Hall–Kier alpha value is -3.78. The lowest BCUT2D eigenvalue weighted by Crippen LogP contribution is -2.20. The number of hydrogen-bond acceptors (Lipinski definition) is 3. The third-order valence-electron chi connectivity index (χ3n) is 4.26. The number of carbonyl (C=O) groups excluding carboxylic acids is 1. The van der Waals surface area contributed by atoms with Crippen LogP contribution in [0.2, 0.25) is 5.02 Å². The molecular formula is C22H13ClF3N3O2. The minimum Gasteiger partial charge on any atom is -0.456 e. The van der Waals surface area contributed by atoms with Crippen molar-refractivity contribution in [2.45, 2.75) is 0 Å². The van der Waals surface area contributed by atoms with Crippen molar-refractivity contribution in [3.8, 4) is 11.5 Å². The molecule has 0 atom stereocenters. The van der Waals surface area contributed by atoms with Crippen LogP contribution in [0, 0.1) is 17.5 Å². The molecule has 4 rings (SSSR count). The number of rotatable bonds is 4. The summed E-state index contributed by atoms with van der Waals surface area (Å²) in [6, 6.07) is 12.4. The molecule has 0 spiro atoms. The second-order valence-corrected chi connectivity index (χ2v) is 6.85. The van der Waals surface area contributed by atoms with Gasteiger partial charge in [-0.2, -0.15) is 0 Å². The average Bonchev–Trinajstić information content (AvgIpc) is 2.72. The van der Waals surface area contributed by atoms with E-state index in [0.29, 0.717) is 27.7 Å². The van der Waals surface area contributed by atoms with E-state index >= 15 is 0 Å². The lowest BCUT2D eigenvalue weighted by atomic mass is 10.2. The highest BCUT2D eigenvalue weighted by molar-refractivity contribution is 6.31. The molecule has 1 aromatic heterocycles. The van der Waals surface area contributed by atoms with Gasteiger partial charge in [0.2, 0.25) is 0 Å². The molecular weight excluding hydrogens is 431 g/mol. The molecule has 0 radical (unpaired) electrons. The molecule has 156 valence electrons. The van der Waals surface area contributed by atoms with Crippen molar-refractivity contribution in [3.63, 3.8) is 0 Å². The molecule has 0 aliphatic heterocycles. The quantitative estimate of drug-likeness (QED) is 0.367. The van der Waals surface area contributed by atoms with E-state index < -0.39 is 23.5 Å². The molecule has 9 heteroatoms. The van der Waals surface area contributed by atoms with Gasteiger partial charge in [0.15, 0.2) is 0 Å². The monoisotopic (exact) mass is 443 g/mol. The van der Waals surface area contributed by atoms with E-state index in [1.54, 1.807) is 30.5 Å². The van der Waals surface area contributed by atoms with Crippen LogP contribution in [-0.4, -0.2) is 11.0 Å². The van der Waals surface area contributed by atoms with Gasteiger partial charge in [-0.05, 0) is 48.5 Å². The number of hydrogen-bond donors (Lipinski definition) is 2. The second-order valence-electron chi connectivity index (χ2n) is 6.42. The first-order valence-corrected chi connectivity index (χ1v) is 9.31. The Morgan fingerprint density at radius 3 is 2.29 bits per heavy atom. The zero-order valence-corrected chi connectivity index (χ0v) is 16.4. The number of nitrogens with zero attached hydrogens (tertiary/aromatic N) is 1. The third-order valence-corrected chi connectivity index (χ3v) is 4.50. The number of anilines is 2. The van der Waals surface area contributed by atoms with Gasteiger partial charge in [-0.25, -0.2) is 18.0 Å². The highest BCUT2D eigenvalue weighted by atomic mass is 35.5. The van der Waals surface area contributed by atoms with Gasteiger partial charge in [0.25, 0.3) is 0 Å². The lowest BCUT2D eigenvalue weighted by Gasteiger charge is -2.12. The summed E-state index contributed by atoms with van der Waals surface area (Å²) in [5, 5.41) is 5.66. The molecule has 1 heterocycles. The van der Waals surface area contributed by atoms with Crippen LogP contribution in [0.15, 0.2) is 66.9 Å². The van der Waals surface area contributed by atoms with Crippen LogP contribution in [0.4, 0.5) is 29.3 Å². The molecule has 0 saturated carbocycles. The largest absolute Gasteiger partial charge is 0.456 e. The molecule has 0 bridgehead atoms. The summed E-state index contributed by atoms with van der Waals surface area (Å²) in [5.74, 6) is -1.86. The number of benzene rings is 3. The fourth-order valence-corrected chi connectivity index (χ4v) is 3.00. The number of aromatic nitrogens is 1. The highest BCUT2D eigenvalue weighted by Crippen LogP contribution is 2.31. The van der Waals surface area contributed by atoms with Crippen LogP contribution >= 0.6 is 11.6 Å². The minimum absolute atomic E-state index is 0.154. The Morgan fingerprint density at radius 1 is 0.871 bits per heavy atom. The van der Waals surface area contributed by atoms with Gasteiger partial charge < -0.3 is 15.4 Å². The fraction of sp³-hybridized carbons (Fsp3) is 0. The summed E-state index contributed by atoms with van der Waals surface area (Å²) in [4.78, 5) is 16.2. The molecule has 0 aliphatic rings. The van der Waals surface area contributed by atoms with Gasteiger partial charge in [-0.15, -0.1) is 0 Å². The van der Waals surface area contributed by atoms with E-state index in [0.717, 1.165) is 18.2 Å². The van der Waals surface area contributed by atoms with Crippen molar-refractivity contribution in [2.75, 3.05) is 10.6 Å². The number of carbonyl (C=O) groups is 1. The molecule has 0 aliphatic carbocycles. The van der Waals surface area contributed by atoms with Crippen molar-refractivity contribution in [1.82, 2.24) is 4.98 Å². The Kier molecular flexibility index (Phi) is 5.64. The average molecular weight is 444 g/mol. The lowest BCUT2D eigenvalue weighted by molar-refractivity contribution is 0.262. The molecule has 2 N–H and O–H groups in total. The molecule has 0 saturated heterocycles. The summed E-state index contributed by atoms with van der Waals surface area (Å²) < 4.78 is 46.8. The highest BCUT2D eigenvalue weighted by Gasteiger charge is 2.12. The first kappa shape index (κ1) is 20.5. The number of pyridine rings is 1. The summed E-state index contributed by atoms with van der Waals surface area (Å²) in [6.45, 7) is 0. The maximum absolute atomic E-state index is 14.5. The van der Waals surface area contributed by atoms with Crippen LogP contribution in [-0.2, 0) is 0 Å². The second kappa shape index (κ2) is 8.53. The van der Waals surface area contributed by atoms with Crippen molar-refractivity contribution in [2.24, 2.45) is 0 Å². The number of halogens is 4. The van der Waals surface area contributed by atoms with E-state index in [1.807, 2.05) is 0 Å². The van der Waals surface area contributed by atoms with E-state index in [1.165, 1.54) is 12.1 Å². The van der Waals surface area contributed by atoms with E-state index in [9.17, 15) is 18.0 Å². The smallest absolute Gasteiger partial charge is 0.323 e. The Bertz CT molecular complexity index is 1300. The zero-order valence-electron chi connectivity index (χ0n) is 15.6. The summed E-state index contributed by atoms with van der Waals surface area (Å²) in [6.07, 6.45) is 1.54. The summed E-state index contributed by atoms with van der Waals surface area (Å²) in [7, 11) is 0. The minimum atomic E-state index is -0.953. The first-order chi connectivity index (χ1) is 14.9. The molecule has 0 unspecified atom stereocenters. The van der Waals surface area contributed by atoms with Gasteiger partial charge in [0.05, 0.1) is 16.9 Å². The van der Waals surface area contributed by atoms with Crippen LogP contribution < -0.4 is 15.4 Å². The van der Waals surface area contributed by atoms with Crippen molar-refractivity contribution in [3.05, 3.63) is 89.3 Å². The maximum Gasteiger partial charge on any atom is 0.323 e. The standard InChI is InChI=1S/C22H13ClF3N3O2/c23-12-1-4-15-20(9-12)27-8-7-21(15)31-14-3-6-19(17(26)11-14)29-22(30)28-18-5-2-13(24)10-16(18)25/h1-11H,(H2,28,29,30). The third kappa shape index (κ3) is 4.70. The number of urea groups is 1. The van der Waals surface area contributed by atoms with Gasteiger partial charge >= 0.3 is 6.03 Å². The van der Waals surface area contributed by atoms with E-state index in [4.69, 9.17) is 16.3 Å². The molecule has 4 aromatic rings. The fourth-order valence-electron chi connectivity index (χ4n) is 2.84. The Balaban J connectivity index is 1.49. The van der Waals surface area contributed by atoms with Gasteiger partial charge in [0.1, 0.15) is 29.0 Å². The van der Waals surface area contributed by atoms with E-state index in [2.05, 4.69) is 15.6 Å². The van der Waals surface area contributed by atoms with Gasteiger partial charge in [-0.3, -0.25) is 4.98 Å². The molecule has 0 fully saturated rings. The zero-order chi connectivity index (χ0) is 22.0. The number of ether oxygens (including phenoxy) is 1. The normalized spacial score (nSPS) is 10.7. The van der Waals surface area contributed by atoms with Crippen LogP contribution in [0.5, 0.6) is 11.5 Å². The molecule has 5 nitrogen and oxygen atoms in total.